The van der Waals surface area contributed by atoms with Crippen LogP contribution in [0.3, 0.4) is 0 Å². The van der Waals surface area contributed by atoms with Crippen molar-refractivity contribution < 1.29 is 48.8 Å². The molecule has 37 heavy (non-hydrogen) atoms. The number of hydrogen-bond acceptors (Lipinski definition) is 11. The van der Waals surface area contributed by atoms with Crippen molar-refractivity contribution in [3.8, 4) is 11.6 Å². The third kappa shape index (κ3) is 7.11. The van der Waals surface area contributed by atoms with Gasteiger partial charge in [0, 0.05) is 23.7 Å². The van der Waals surface area contributed by atoms with E-state index in [1.54, 1.807) is 11.6 Å². The van der Waals surface area contributed by atoms with Gasteiger partial charge in [-0.25, -0.2) is 4.79 Å². The molecule has 1 aromatic heterocycles. The molecule has 12 heteroatoms. The highest BCUT2D eigenvalue weighted by Crippen LogP contribution is 2.31. The van der Waals surface area contributed by atoms with Crippen LogP contribution in [0.5, 0.6) is 11.6 Å². The van der Waals surface area contributed by atoms with Crippen molar-refractivity contribution in [3.05, 3.63) is 41.1 Å². The molecule has 2 aromatic rings. The Balaban J connectivity index is 1.82. The van der Waals surface area contributed by atoms with Crippen LogP contribution in [0.25, 0.3) is 0 Å². The van der Waals surface area contributed by atoms with Gasteiger partial charge in [0.15, 0.2) is 0 Å². The van der Waals surface area contributed by atoms with Gasteiger partial charge >= 0.3 is 6.16 Å². The standard InChI is InChI=1S/C25H36N2O10/c1-7-32-25(31)37-36-24-21(30)19(28)20(29)23(35-24)34-22-18(15(6)27(26-22)13(2)3)12-16-8-10-17(11-9-16)33-14(4)5/h8-11,13-14,19-21,23-24,28-30H,7,12H2,1-6H3/t19-,20-,21+,23-,24-/m1/s1. The maximum atomic E-state index is 11.4. The highest BCUT2D eigenvalue weighted by molar-refractivity contribution is 5.58. The van der Waals surface area contributed by atoms with E-state index in [0.29, 0.717) is 6.42 Å². The summed E-state index contributed by atoms with van der Waals surface area (Å²) in [6, 6.07) is 7.66. The second kappa shape index (κ2) is 12.6. The molecule has 1 saturated heterocycles. The van der Waals surface area contributed by atoms with E-state index in [2.05, 4.69) is 14.7 Å². The van der Waals surface area contributed by atoms with E-state index in [0.717, 1.165) is 22.6 Å². The van der Waals surface area contributed by atoms with Gasteiger partial charge in [-0.05, 0) is 59.2 Å². The number of aliphatic hydroxyl groups is 3. The van der Waals surface area contributed by atoms with Crippen LogP contribution >= 0.6 is 0 Å². The van der Waals surface area contributed by atoms with Crippen LogP contribution in [-0.2, 0) is 25.7 Å². The van der Waals surface area contributed by atoms with Gasteiger partial charge in [0.2, 0.25) is 18.5 Å². The fourth-order valence-electron chi connectivity index (χ4n) is 3.82. The van der Waals surface area contributed by atoms with Gasteiger partial charge in [-0.3, -0.25) is 9.57 Å². The largest absolute Gasteiger partial charge is 0.540 e. The second-order valence-corrected chi connectivity index (χ2v) is 9.22. The molecule has 0 amide bonds. The molecule has 1 aliphatic heterocycles. The number of aliphatic hydroxyl groups excluding tert-OH is 3. The van der Waals surface area contributed by atoms with Crippen LogP contribution < -0.4 is 9.47 Å². The molecule has 3 N–H and O–H groups in total. The Kier molecular flexibility index (Phi) is 9.74. The molecule has 0 bridgehead atoms. The fourth-order valence-corrected chi connectivity index (χ4v) is 3.82. The Hall–Kier alpha value is -2.90. The van der Waals surface area contributed by atoms with Crippen LogP contribution in [0.15, 0.2) is 24.3 Å². The molecule has 1 aromatic carbocycles. The zero-order chi connectivity index (χ0) is 27.3. The van der Waals surface area contributed by atoms with Crippen molar-refractivity contribution in [1.29, 1.82) is 0 Å². The molecule has 0 spiro atoms. The third-order valence-corrected chi connectivity index (χ3v) is 5.63. The number of aromatic nitrogens is 2. The number of nitrogens with zero attached hydrogens (tertiary/aromatic N) is 2. The average molecular weight is 525 g/mol. The van der Waals surface area contributed by atoms with Gasteiger partial charge in [-0.2, -0.15) is 0 Å². The summed E-state index contributed by atoms with van der Waals surface area (Å²) in [7, 11) is 0. The number of carbonyl (C=O) groups excluding carboxylic acids is 1. The molecule has 5 atom stereocenters. The highest BCUT2D eigenvalue weighted by Gasteiger charge is 2.47. The quantitative estimate of drug-likeness (QED) is 0.239. The lowest BCUT2D eigenvalue weighted by Gasteiger charge is -2.38. The van der Waals surface area contributed by atoms with Crippen LogP contribution in [-0.4, -0.2) is 74.9 Å². The number of rotatable bonds is 10. The summed E-state index contributed by atoms with van der Waals surface area (Å²) in [6.07, 6.45) is -8.90. The molecule has 3 rings (SSSR count). The summed E-state index contributed by atoms with van der Waals surface area (Å²) in [5, 5.41) is 35.6. The minimum atomic E-state index is -1.73. The van der Waals surface area contributed by atoms with E-state index in [9.17, 15) is 20.1 Å². The van der Waals surface area contributed by atoms with Crippen LogP contribution in [0.2, 0.25) is 0 Å². The predicted octanol–water partition coefficient (Wildman–Crippen LogP) is 2.40. The summed E-state index contributed by atoms with van der Waals surface area (Å²) >= 11 is 0. The number of hydrogen-bond donors (Lipinski definition) is 3. The van der Waals surface area contributed by atoms with E-state index < -0.39 is 37.0 Å². The molecular formula is C25H36N2O10. The molecular weight excluding hydrogens is 488 g/mol. The first kappa shape index (κ1) is 28.7. The lowest BCUT2D eigenvalue weighted by Crippen LogP contribution is -2.59. The Morgan fingerprint density at radius 2 is 1.70 bits per heavy atom. The molecule has 0 radical (unpaired) electrons. The predicted molar refractivity (Wildman–Crippen MR) is 129 cm³/mol. The Labute approximate surface area is 215 Å². The molecule has 0 saturated carbocycles. The normalized spacial score (nSPS) is 23.8. The number of benzene rings is 1. The first-order chi connectivity index (χ1) is 17.5. The van der Waals surface area contributed by atoms with Gasteiger partial charge < -0.3 is 34.3 Å². The molecule has 0 unspecified atom stereocenters. The summed E-state index contributed by atoms with van der Waals surface area (Å²) in [6.45, 7) is 11.4. The van der Waals surface area contributed by atoms with Crippen molar-refractivity contribution in [2.45, 2.75) is 91.0 Å². The van der Waals surface area contributed by atoms with E-state index in [4.69, 9.17) is 19.1 Å². The number of carbonyl (C=O) groups is 1. The lowest BCUT2D eigenvalue weighted by atomic mass is 10.0. The van der Waals surface area contributed by atoms with Crippen LogP contribution in [0, 0.1) is 6.92 Å². The van der Waals surface area contributed by atoms with Gasteiger partial charge in [0.1, 0.15) is 24.1 Å². The summed E-state index contributed by atoms with van der Waals surface area (Å²) in [5.74, 6) is 0.929. The maximum Gasteiger partial charge on any atom is 0.540 e. The monoisotopic (exact) mass is 524 g/mol. The van der Waals surface area contributed by atoms with Crippen molar-refractivity contribution in [2.75, 3.05) is 6.61 Å². The summed E-state index contributed by atoms with van der Waals surface area (Å²) < 4.78 is 23.5. The Bertz CT molecular complexity index is 1020. The maximum absolute atomic E-state index is 11.4. The van der Waals surface area contributed by atoms with E-state index >= 15 is 0 Å². The van der Waals surface area contributed by atoms with Crippen molar-refractivity contribution in [3.63, 3.8) is 0 Å². The van der Waals surface area contributed by atoms with Gasteiger partial charge in [-0.15, -0.1) is 9.99 Å². The molecule has 206 valence electrons. The topological polar surface area (TPSA) is 151 Å². The van der Waals surface area contributed by atoms with E-state index in [1.165, 1.54) is 0 Å². The van der Waals surface area contributed by atoms with Gasteiger partial charge in [0.25, 0.3) is 0 Å². The van der Waals surface area contributed by atoms with Crippen molar-refractivity contribution >= 4 is 6.16 Å². The fraction of sp³-hybridized carbons (Fsp3) is 0.600. The third-order valence-electron chi connectivity index (χ3n) is 5.63. The van der Waals surface area contributed by atoms with Crippen molar-refractivity contribution in [2.24, 2.45) is 0 Å². The minimum absolute atomic E-state index is 0.0107. The minimum Gasteiger partial charge on any atom is -0.491 e. The highest BCUT2D eigenvalue weighted by atomic mass is 17.3. The Morgan fingerprint density at radius 3 is 2.30 bits per heavy atom. The van der Waals surface area contributed by atoms with Crippen molar-refractivity contribution in [1.82, 2.24) is 9.78 Å². The second-order valence-electron chi connectivity index (χ2n) is 9.22. The molecule has 1 aliphatic rings. The average Bonchev–Trinajstić information content (AvgIpc) is 3.14. The first-order valence-corrected chi connectivity index (χ1v) is 12.2. The summed E-state index contributed by atoms with van der Waals surface area (Å²) in [5.41, 5.74) is 2.55. The molecule has 0 aliphatic carbocycles. The smallest absolute Gasteiger partial charge is 0.491 e. The SMILES string of the molecule is CCOC(=O)OO[C@H]1O[C@@H](Oc2nn(C(C)C)c(C)c2Cc2ccc(OC(C)C)cc2)[C@H](O)[C@@H](O)[C@@H]1O. The Morgan fingerprint density at radius 1 is 1.05 bits per heavy atom. The van der Waals surface area contributed by atoms with Crippen LogP contribution in [0.4, 0.5) is 4.79 Å². The zero-order valence-corrected chi connectivity index (χ0v) is 21.9. The summed E-state index contributed by atoms with van der Waals surface area (Å²) in [4.78, 5) is 20.7. The molecule has 1 fully saturated rings. The lowest BCUT2D eigenvalue weighted by molar-refractivity contribution is -0.418. The molecule has 2 heterocycles. The first-order valence-electron chi connectivity index (χ1n) is 12.2. The number of ether oxygens (including phenoxy) is 4. The van der Waals surface area contributed by atoms with Gasteiger partial charge in [-0.1, -0.05) is 12.1 Å². The van der Waals surface area contributed by atoms with Crippen LogP contribution in [0.1, 0.15) is 57.5 Å². The van der Waals surface area contributed by atoms with E-state index in [-0.39, 0.29) is 24.6 Å². The van der Waals surface area contributed by atoms with E-state index in [1.807, 2.05) is 58.9 Å². The molecule has 12 nitrogen and oxygen atoms in total. The zero-order valence-electron chi connectivity index (χ0n) is 21.9. The van der Waals surface area contributed by atoms with Gasteiger partial charge in [0.05, 0.1) is 12.7 Å².